The molecule has 1 amide bonds. The first-order valence-electron chi connectivity index (χ1n) is 6.68. The van der Waals surface area contributed by atoms with Gasteiger partial charge in [-0.2, -0.15) is 0 Å². The fourth-order valence-electron chi connectivity index (χ4n) is 2.09. The summed E-state index contributed by atoms with van der Waals surface area (Å²) in [5.41, 5.74) is 1.03. The smallest absolute Gasteiger partial charge is 0.233 e. The highest BCUT2D eigenvalue weighted by Crippen LogP contribution is 2.23. The minimum Gasteiger partial charge on any atom is -0.310 e. The van der Waals surface area contributed by atoms with Gasteiger partial charge in [-0.1, -0.05) is 55.3 Å². The molecule has 0 saturated carbocycles. The molecular formula is C16H17ClN2O. The lowest BCUT2D eigenvalue weighted by Crippen LogP contribution is -2.21. The third kappa shape index (κ3) is 3.81. The van der Waals surface area contributed by atoms with E-state index in [0.717, 1.165) is 18.4 Å². The lowest BCUT2D eigenvalue weighted by atomic mass is 9.94. The van der Waals surface area contributed by atoms with Crippen LogP contribution in [0, 0.1) is 0 Å². The molecule has 1 atom stereocenters. The summed E-state index contributed by atoms with van der Waals surface area (Å²) in [4.78, 5) is 16.5. The van der Waals surface area contributed by atoms with Crippen molar-refractivity contribution in [3.63, 3.8) is 0 Å². The number of halogens is 1. The van der Waals surface area contributed by atoms with E-state index in [9.17, 15) is 4.79 Å². The number of pyridine rings is 1. The molecule has 1 aromatic carbocycles. The van der Waals surface area contributed by atoms with Gasteiger partial charge >= 0.3 is 0 Å². The largest absolute Gasteiger partial charge is 0.310 e. The second kappa shape index (κ2) is 7.06. The highest BCUT2D eigenvalue weighted by Gasteiger charge is 2.19. The second-order valence-electron chi connectivity index (χ2n) is 4.60. The number of rotatable bonds is 5. The monoisotopic (exact) mass is 288 g/mol. The summed E-state index contributed by atoms with van der Waals surface area (Å²) in [6, 6.07) is 13.2. The quantitative estimate of drug-likeness (QED) is 0.893. The molecule has 0 aliphatic rings. The standard InChI is InChI=1S/C16H17ClN2O/c1-2-6-14(12-7-4-3-5-8-12)16(20)19-15-10-9-13(17)11-18-15/h3-5,7-11,14H,2,6H2,1H3,(H,18,19,20). The fourth-order valence-corrected chi connectivity index (χ4v) is 2.20. The van der Waals surface area contributed by atoms with Crippen LogP contribution in [0.25, 0.3) is 0 Å². The van der Waals surface area contributed by atoms with E-state index in [2.05, 4.69) is 17.2 Å². The van der Waals surface area contributed by atoms with Gasteiger partial charge < -0.3 is 5.32 Å². The molecule has 2 aromatic rings. The number of carbonyl (C=O) groups excluding carboxylic acids is 1. The maximum Gasteiger partial charge on any atom is 0.233 e. The number of nitrogens with zero attached hydrogens (tertiary/aromatic N) is 1. The number of nitrogens with one attached hydrogen (secondary N) is 1. The van der Waals surface area contributed by atoms with Crippen LogP contribution in [0.15, 0.2) is 48.7 Å². The van der Waals surface area contributed by atoms with Crippen molar-refractivity contribution in [2.45, 2.75) is 25.7 Å². The van der Waals surface area contributed by atoms with Crippen LogP contribution < -0.4 is 5.32 Å². The molecule has 1 aromatic heterocycles. The molecule has 2 rings (SSSR count). The lowest BCUT2D eigenvalue weighted by molar-refractivity contribution is -0.117. The van der Waals surface area contributed by atoms with Gasteiger partial charge in [-0.15, -0.1) is 0 Å². The van der Waals surface area contributed by atoms with Crippen molar-refractivity contribution in [3.05, 3.63) is 59.2 Å². The van der Waals surface area contributed by atoms with E-state index in [1.807, 2.05) is 30.3 Å². The van der Waals surface area contributed by atoms with Crippen LogP contribution in [-0.4, -0.2) is 10.9 Å². The van der Waals surface area contributed by atoms with Crippen LogP contribution in [0.1, 0.15) is 31.2 Å². The summed E-state index contributed by atoms with van der Waals surface area (Å²) < 4.78 is 0. The first-order chi connectivity index (χ1) is 9.70. The normalized spacial score (nSPS) is 11.9. The number of hydrogen-bond acceptors (Lipinski definition) is 2. The number of amides is 1. The molecular weight excluding hydrogens is 272 g/mol. The Labute approximate surface area is 124 Å². The first kappa shape index (κ1) is 14.5. The van der Waals surface area contributed by atoms with Gasteiger partial charge in [0, 0.05) is 6.20 Å². The Morgan fingerprint density at radius 2 is 2.00 bits per heavy atom. The van der Waals surface area contributed by atoms with Crippen LogP contribution in [0.3, 0.4) is 0 Å². The molecule has 3 nitrogen and oxygen atoms in total. The van der Waals surface area contributed by atoms with E-state index >= 15 is 0 Å². The van der Waals surface area contributed by atoms with Gasteiger partial charge in [0.1, 0.15) is 5.82 Å². The molecule has 4 heteroatoms. The summed E-state index contributed by atoms with van der Waals surface area (Å²) in [6.07, 6.45) is 3.28. The number of aromatic nitrogens is 1. The van der Waals surface area contributed by atoms with Crippen molar-refractivity contribution in [2.75, 3.05) is 5.32 Å². The molecule has 0 bridgehead atoms. The number of benzene rings is 1. The number of carbonyl (C=O) groups is 1. The summed E-state index contributed by atoms with van der Waals surface area (Å²) in [5, 5.41) is 3.40. The Morgan fingerprint density at radius 1 is 1.25 bits per heavy atom. The lowest BCUT2D eigenvalue weighted by Gasteiger charge is -2.16. The number of hydrogen-bond donors (Lipinski definition) is 1. The Morgan fingerprint density at radius 3 is 2.60 bits per heavy atom. The summed E-state index contributed by atoms with van der Waals surface area (Å²) in [7, 11) is 0. The third-order valence-electron chi connectivity index (χ3n) is 3.07. The topological polar surface area (TPSA) is 42.0 Å². The predicted molar refractivity (Wildman–Crippen MR) is 82.0 cm³/mol. The van der Waals surface area contributed by atoms with Crippen molar-refractivity contribution in [3.8, 4) is 0 Å². The van der Waals surface area contributed by atoms with E-state index in [0.29, 0.717) is 10.8 Å². The van der Waals surface area contributed by atoms with Gasteiger partial charge in [0.05, 0.1) is 10.9 Å². The second-order valence-corrected chi connectivity index (χ2v) is 5.04. The zero-order chi connectivity index (χ0) is 14.4. The molecule has 0 spiro atoms. The molecule has 1 N–H and O–H groups in total. The first-order valence-corrected chi connectivity index (χ1v) is 7.06. The van der Waals surface area contributed by atoms with Crippen molar-refractivity contribution >= 4 is 23.3 Å². The zero-order valence-electron chi connectivity index (χ0n) is 11.3. The summed E-state index contributed by atoms with van der Waals surface area (Å²) >= 11 is 5.78. The van der Waals surface area contributed by atoms with Crippen LogP contribution in [0.2, 0.25) is 5.02 Å². The Balaban J connectivity index is 2.13. The molecule has 20 heavy (non-hydrogen) atoms. The molecule has 104 valence electrons. The maximum atomic E-state index is 12.4. The molecule has 1 unspecified atom stereocenters. The van der Waals surface area contributed by atoms with E-state index in [1.54, 1.807) is 12.1 Å². The highest BCUT2D eigenvalue weighted by molar-refractivity contribution is 6.30. The van der Waals surface area contributed by atoms with Gasteiger partial charge in [0.2, 0.25) is 5.91 Å². The highest BCUT2D eigenvalue weighted by atomic mass is 35.5. The fraction of sp³-hybridized carbons (Fsp3) is 0.250. The van der Waals surface area contributed by atoms with Gasteiger partial charge in [-0.3, -0.25) is 4.79 Å². The van der Waals surface area contributed by atoms with Crippen molar-refractivity contribution in [1.29, 1.82) is 0 Å². The van der Waals surface area contributed by atoms with Crippen LogP contribution in [-0.2, 0) is 4.79 Å². The molecule has 0 aliphatic heterocycles. The number of anilines is 1. The van der Waals surface area contributed by atoms with E-state index in [4.69, 9.17) is 11.6 Å². The Kier molecular flexibility index (Phi) is 5.13. The Bertz CT molecular complexity index is 554. The van der Waals surface area contributed by atoms with E-state index in [-0.39, 0.29) is 11.8 Å². The molecule has 0 saturated heterocycles. The molecule has 0 radical (unpaired) electrons. The third-order valence-corrected chi connectivity index (χ3v) is 3.30. The van der Waals surface area contributed by atoms with Gasteiger partial charge in [0.15, 0.2) is 0 Å². The minimum atomic E-state index is -0.154. The van der Waals surface area contributed by atoms with Crippen LogP contribution in [0.4, 0.5) is 5.82 Å². The van der Waals surface area contributed by atoms with Crippen LogP contribution >= 0.6 is 11.6 Å². The summed E-state index contributed by atoms with van der Waals surface area (Å²) in [6.45, 7) is 2.07. The van der Waals surface area contributed by atoms with E-state index < -0.39 is 0 Å². The maximum absolute atomic E-state index is 12.4. The minimum absolute atomic E-state index is 0.0344. The average molecular weight is 289 g/mol. The van der Waals surface area contributed by atoms with Gasteiger partial charge in [-0.05, 0) is 24.1 Å². The van der Waals surface area contributed by atoms with Crippen molar-refractivity contribution in [1.82, 2.24) is 4.98 Å². The van der Waals surface area contributed by atoms with Crippen molar-refractivity contribution in [2.24, 2.45) is 0 Å². The van der Waals surface area contributed by atoms with Crippen molar-refractivity contribution < 1.29 is 4.79 Å². The van der Waals surface area contributed by atoms with Gasteiger partial charge in [0.25, 0.3) is 0 Å². The summed E-state index contributed by atoms with van der Waals surface area (Å²) in [5.74, 6) is 0.336. The van der Waals surface area contributed by atoms with E-state index in [1.165, 1.54) is 6.20 Å². The SMILES string of the molecule is CCCC(C(=O)Nc1ccc(Cl)cn1)c1ccccc1. The predicted octanol–water partition coefficient (Wildman–Crippen LogP) is 4.26. The average Bonchev–Trinajstić information content (AvgIpc) is 2.48. The van der Waals surface area contributed by atoms with Crippen LogP contribution in [0.5, 0.6) is 0 Å². The molecule has 1 heterocycles. The van der Waals surface area contributed by atoms with Gasteiger partial charge in [-0.25, -0.2) is 4.98 Å². The molecule has 0 aliphatic carbocycles. The molecule has 0 fully saturated rings. The Hall–Kier alpha value is -1.87. The zero-order valence-corrected chi connectivity index (χ0v) is 12.1.